The Morgan fingerprint density at radius 2 is 1.36 bits per heavy atom. The van der Waals surface area contributed by atoms with Gasteiger partial charge in [0.25, 0.3) is 0 Å². The van der Waals surface area contributed by atoms with Crippen LogP contribution < -0.4 is 0 Å². The highest BCUT2D eigenvalue weighted by atomic mass is 14.2. The Kier molecular flexibility index (Phi) is 7.31. The summed E-state index contributed by atoms with van der Waals surface area (Å²) >= 11 is 0. The van der Waals surface area contributed by atoms with E-state index in [1.54, 1.807) is 0 Å². The minimum absolute atomic E-state index is 0.869. The molecule has 3 atom stereocenters. The molecule has 0 aliphatic rings. The summed E-state index contributed by atoms with van der Waals surface area (Å²) in [6.07, 6.45) is 5.55. The molecule has 14 heavy (non-hydrogen) atoms. The monoisotopic (exact) mass is 198 g/mol. The van der Waals surface area contributed by atoms with Crippen molar-refractivity contribution in [3.63, 3.8) is 0 Å². The Morgan fingerprint density at radius 1 is 0.786 bits per heavy atom. The zero-order chi connectivity index (χ0) is 11.1. The molecule has 0 aromatic heterocycles. The molecule has 0 fully saturated rings. The second-order valence-electron chi connectivity index (χ2n) is 5.67. The summed E-state index contributed by atoms with van der Waals surface area (Å²) in [5.74, 6) is 3.59. The number of hydrogen-bond acceptors (Lipinski definition) is 0. The third kappa shape index (κ3) is 6.45. The summed E-state index contributed by atoms with van der Waals surface area (Å²) < 4.78 is 0. The summed E-state index contributed by atoms with van der Waals surface area (Å²) in [4.78, 5) is 0. The van der Waals surface area contributed by atoms with E-state index < -0.39 is 0 Å². The predicted octanol–water partition coefficient (Wildman–Crippen LogP) is 5.13. The molecule has 0 nitrogen and oxygen atoms in total. The van der Waals surface area contributed by atoms with Crippen LogP contribution >= 0.6 is 0 Å². The summed E-state index contributed by atoms with van der Waals surface area (Å²) in [7, 11) is 0. The van der Waals surface area contributed by atoms with Crippen LogP contribution in [0.4, 0.5) is 0 Å². The molecule has 0 heterocycles. The lowest BCUT2D eigenvalue weighted by Crippen LogP contribution is -2.12. The molecule has 0 radical (unpaired) electrons. The van der Waals surface area contributed by atoms with Gasteiger partial charge in [-0.2, -0.15) is 0 Å². The van der Waals surface area contributed by atoms with E-state index in [0.29, 0.717) is 0 Å². The molecule has 0 aliphatic heterocycles. The molecular weight excluding hydrogens is 168 g/mol. The Bertz CT molecular complexity index is 126. The van der Waals surface area contributed by atoms with Gasteiger partial charge in [-0.15, -0.1) is 0 Å². The first kappa shape index (κ1) is 14.0. The summed E-state index contributed by atoms with van der Waals surface area (Å²) in [6.45, 7) is 14.2. The smallest absolute Gasteiger partial charge is 0.0414 e. The van der Waals surface area contributed by atoms with Crippen molar-refractivity contribution in [3.05, 3.63) is 0 Å². The van der Waals surface area contributed by atoms with E-state index in [9.17, 15) is 0 Å². The maximum atomic E-state index is 2.43. The van der Waals surface area contributed by atoms with E-state index in [2.05, 4.69) is 41.5 Å². The van der Waals surface area contributed by atoms with Crippen LogP contribution in [-0.4, -0.2) is 0 Å². The van der Waals surface area contributed by atoms with Crippen LogP contribution in [0.5, 0.6) is 0 Å². The highest BCUT2D eigenvalue weighted by Crippen LogP contribution is 2.26. The van der Waals surface area contributed by atoms with E-state index >= 15 is 0 Å². The normalized spacial score (nSPS) is 18.2. The van der Waals surface area contributed by atoms with Gasteiger partial charge in [-0.1, -0.05) is 60.8 Å². The quantitative estimate of drug-likeness (QED) is 0.532. The molecule has 0 bridgehead atoms. The highest BCUT2D eigenvalue weighted by Gasteiger charge is 2.14. The van der Waals surface area contributed by atoms with Gasteiger partial charge in [-0.05, 0) is 30.1 Å². The van der Waals surface area contributed by atoms with Crippen LogP contribution in [0.1, 0.15) is 67.2 Å². The first-order chi connectivity index (χ1) is 6.47. The third-order valence-corrected chi connectivity index (χ3v) is 3.64. The summed E-state index contributed by atoms with van der Waals surface area (Å²) in [6, 6.07) is 0. The van der Waals surface area contributed by atoms with Crippen molar-refractivity contribution in [3.8, 4) is 0 Å². The Morgan fingerprint density at radius 3 is 1.79 bits per heavy atom. The first-order valence-electron chi connectivity index (χ1n) is 6.47. The second-order valence-corrected chi connectivity index (χ2v) is 5.67. The van der Waals surface area contributed by atoms with Gasteiger partial charge in [0.2, 0.25) is 0 Å². The SMILES string of the molecule is CCC(C)CC(C)C(C)CCC(C)C. The van der Waals surface area contributed by atoms with Crippen molar-refractivity contribution in [1.82, 2.24) is 0 Å². The van der Waals surface area contributed by atoms with Crippen molar-refractivity contribution >= 4 is 0 Å². The molecular formula is C14H30. The number of rotatable bonds is 7. The Balaban J connectivity index is 3.69. The standard InChI is InChI=1S/C14H30/c1-7-12(4)10-14(6)13(5)9-8-11(2)3/h11-14H,7-10H2,1-6H3. The van der Waals surface area contributed by atoms with E-state index in [1.807, 2.05) is 0 Å². The van der Waals surface area contributed by atoms with Gasteiger partial charge in [0, 0.05) is 0 Å². The van der Waals surface area contributed by atoms with Crippen LogP contribution in [0.25, 0.3) is 0 Å². The van der Waals surface area contributed by atoms with Gasteiger partial charge in [0.15, 0.2) is 0 Å². The van der Waals surface area contributed by atoms with Crippen LogP contribution in [0.3, 0.4) is 0 Å². The van der Waals surface area contributed by atoms with Crippen LogP contribution in [0.15, 0.2) is 0 Å². The lowest BCUT2D eigenvalue weighted by atomic mass is 9.83. The topological polar surface area (TPSA) is 0 Å². The average Bonchev–Trinajstić information content (AvgIpc) is 2.13. The van der Waals surface area contributed by atoms with Crippen LogP contribution in [0, 0.1) is 23.7 Å². The molecule has 0 aromatic carbocycles. The summed E-state index contributed by atoms with van der Waals surface area (Å²) in [5.41, 5.74) is 0. The molecule has 0 saturated carbocycles. The minimum atomic E-state index is 0.869. The largest absolute Gasteiger partial charge is 0.0651 e. The molecule has 0 aliphatic carbocycles. The molecule has 0 saturated heterocycles. The lowest BCUT2D eigenvalue weighted by Gasteiger charge is -2.23. The van der Waals surface area contributed by atoms with Gasteiger partial charge in [0.05, 0.1) is 0 Å². The van der Waals surface area contributed by atoms with Gasteiger partial charge in [-0.3, -0.25) is 0 Å². The zero-order valence-corrected chi connectivity index (χ0v) is 11.1. The van der Waals surface area contributed by atoms with Crippen LogP contribution in [-0.2, 0) is 0 Å². The average molecular weight is 198 g/mol. The van der Waals surface area contributed by atoms with Gasteiger partial charge >= 0.3 is 0 Å². The van der Waals surface area contributed by atoms with Crippen molar-refractivity contribution < 1.29 is 0 Å². The first-order valence-corrected chi connectivity index (χ1v) is 6.47. The lowest BCUT2D eigenvalue weighted by molar-refractivity contribution is 0.282. The molecule has 0 amide bonds. The molecule has 0 N–H and O–H groups in total. The maximum Gasteiger partial charge on any atom is -0.0414 e. The molecule has 0 aromatic rings. The summed E-state index contributed by atoms with van der Waals surface area (Å²) in [5, 5.41) is 0. The minimum Gasteiger partial charge on any atom is -0.0651 e. The molecule has 0 rings (SSSR count). The van der Waals surface area contributed by atoms with Gasteiger partial charge in [-0.25, -0.2) is 0 Å². The predicted molar refractivity (Wildman–Crippen MR) is 66.5 cm³/mol. The van der Waals surface area contributed by atoms with E-state index in [-0.39, 0.29) is 0 Å². The third-order valence-electron chi connectivity index (χ3n) is 3.64. The maximum absolute atomic E-state index is 2.43. The van der Waals surface area contributed by atoms with Crippen molar-refractivity contribution in [1.29, 1.82) is 0 Å². The fourth-order valence-electron chi connectivity index (χ4n) is 1.91. The fourth-order valence-corrected chi connectivity index (χ4v) is 1.91. The van der Waals surface area contributed by atoms with Crippen molar-refractivity contribution in [2.24, 2.45) is 23.7 Å². The van der Waals surface area contributed by atoms with Crippen LogP contribution in [0.2, 0.25) is 0 Å². The molecule has 0 spiro atoms. The Labute approximate surface area is 91.5 Å². The Hall–Kier alpha value is 0. The number of hydrogen-bond donors (Lipinski definition) is 0. The van der Waals surface area contributed by atoms with Crippen molar-refractivity contribution in [2.75, 3.05) is 0 Å². The molecule has 86 valence electrons. The van der Waals surface area contributed by atoms with E-state index in [1.165, 1.54) is 25.7 Å². The van der Waals surface area contributed by atoms with Crippen molar-refractivity contribution in [2.45, 2.75) is 67.2 Å². The molecule has 3 unspecified atom stereocenters. The fraction of sp³-hybridized carbons (Fsp3) is 1.00. The highest BCUT2D eigenvalue weighted by molar-refractivity contribution is 4.65. The van der Waals surface area contributed by atoms with Gasteiger partial charge in [0.1, 0.15) is 0 Å². The molecule has 0 heteroatoms. The zero-order valence-electron chi connectivity index (χ0n) is 11.1. The van der Waals surface area contributed by atoms with E-state index in [4.69, 9.17) is 0 Å². The van der Waals surface area contributed by atoms with Gasteiger partial charge < -0.3 is 0 Å². The van der Waals surface area contributed by atoms with E-state index in [0.717, 1.165) is 23.7 Å². The second kappa shape index (κ2) is 7.31.